The summed E-state index contributed by atoms with van der Waals surface area (Å²) in [5, 5.41) is 3.36. The summed E-state index contributed by atoms with van der Waals surface area (Å²) in [6.45, 7) is 5.84. The van der Waals surface area contributed by atoms with Crippen molar-refractivity contribution in [2.24, 2.45) is 0 Å². The first-order valence-electron chi connectivity index (χ1n) is 6.73. The molecule has 106 valence electrons. The summed E-state index contributed by atoms with van der Waals surface area (Å²) < 4.78 is 7.12. The minimum Gasteiger partial charge on any atom is -0.377 e. The van der Waals surface area contributed by atoms with Gasteiger partial charge < -0.3 is 10.1 Å². The highest BCUT2D eigenvalue weighted by Gasteiger charge is 2.21. The van der Waals surface area contributed by atoms with Gasteiger partial charge in [-0.15, -0.1) is 0 Å². The van der Waals surface area contributed by atoms with Gasteiger partial charge in [0.2, 0.25) is 0 Å². The molecule has 1 aromatic heterocycles. The van der Waals surface area contributed by atoms with Gasteiger partial charge in [-0.2, -0.15) is 0 Å². The number of hydrogen-bond donors (Lipinski definition) is 2. The first-order chi connectivity index (χ1) is 9.08. The van der Waals surface area contributed by atoms with Crippen molar-refractivity contribution in [3.63, 3.8) is 0 Å². The van der Waals surface area contributed by atoms with E-state index in [0.29, 0.717) is 18.7 Å². The summed E-state index contributed by atoms with van der Waals surface area (Å²) >= 11 is 0. The SMILES string of the molecule is Cc1cn(CCNC(C)C2CCCO2)c(=O)[nH]c1=O. The minimum absolute atomic E-state index is 0.272. The second-order valence-electron chi connectivity index (χ2n) is 5.06. The Morgan fingerprint density at radius 3 is 3.05 bits per heavy atom. The maximum atomic E-state index is 11.6. The molecule has 0 aliphatic carbocycles. The largest absolute Gasteiger partial charge is 0.377 e. The first kappa shape index (κ1) is 14.0. The van der Waals surface area contributed by atoms with Crippen LogP contribution in [0, 0.1) is 6.92 Å². The third-order valence-corrected chi connectivity index (χ3v) is 3.53. The lowest BCUT2D eigenvalue weighted by Crippen LogP contribution is -2.40. The summed E-state index contributed by atoms with van der Waals surface area (Å²) in [5.41, 5.74) is -0.129. The lowest BCUT2D eigenvalue weighted by atomic mass is 10.1. The van der Waals surface area contributed by atoms with E-state index in [1.54, 1.807) is 13.1 Å². The fraction of sp³-hybridized carbons (Fsp3) is 0.692. The van der Waals surface area contributed by atoms with Gasteiger partial charge in [-0.1, -0.05) is 0 Å². The average molecular weight is 267 g/mol. The highest BCUT2D eigenvalue weighted by molar-refractivity contribution is 5.00. The van der Waals surface area contributed by atoms with Crippen LogP contribution in [0.5, 0.6) is 0 Å². The van der Waals surface area contributed by atoms with Gasteiger partial charge >= 0.3 is 5.69 Å². The Bertz CT molecular complexity index is 529. The second kappa shape index (κ2) is 6.16. The van der Waals surface area contributed by atoms with E-state index in [1.807, 2.05) is 0 Å². The minimum atomic E-state index is -0.359. The van der Waals surface area contributed by atoms with Crippen molar-refractivity contribution in [1.29, 1.82) is 0 Å². The Hall–Kier alpha value is -1.40. The van der Waals surface area contributed by atoms with Gasteiger partial charge in [-0.3, -0.25) is 14.3 Å². The molecule has 1 fully saturated rings. The predicted molar refractivity (Wildman–Crippen MR) is 72.5 cm³/mol. The Kier molecular flexibility index (Phi) is 4.55. The molecule has 2 atom stereocenters. The van der Waals surface area contributed by atoms with Crippen LogP contribution in [0.1, 0.15) is 25.3 Å². The highest BCUT2D eigenvalue weighted by Crippen LogP contribution is 2.14. The van der Waals surface area contributed by atoms with Crippen LogP contribution < -0.4 is 16.6 Å². The average Bonchev–Trinajstić information content (AvgIpc) is 2.89. The van der Waals surface area contributed by atoms with Crippen molar-refractivity contribution in [2.75, 3.05) is 13.2 Å². The number of aromatic amines is 1. The van der Waals surface area contributed by atoms with Crippen LogP contribution in [0.15, 0.2) is 15.8 Å². The summed E-state index contributed by atoms with van der Waals surface area (Å²) in [4.78, 5) is 25.1. The Balaban J connectivity index is 1.87. The van der Waals surface area contributed by atoms with Gasteiger partial charge in [-0.25, -0.2) is 4.79 Å². The number of H-pyrrole nitrogens is 1. The monoisotopic (exact) mass is 267 g/mol. The number of aromatic nitrogens is 2. The van der Waals surface area contributed by atoms with Crippen LogP contribution in [0.4, 0.5) is 0 Å². The van der Waals surface area contributed by atoms with Crippen molar-refractivity contribution in [3.8, 4) is 0 Å². The van der Waals surface area contributed by atoms with Crippen LogP contribution in [0.3, 0.4) is 0 Å². The molecule has 0 aromatic carbocycles. The van der Waals surface area contributed by atoms with E-state index in [2.05, 4.69) is 17.2 Å². The molecule has 0 spiro atoms. The maximum absolute atomic E-state index is 11.6. The number of nitrogens with zero attached hydrogens (tertiary/aromatic N) is 1. The summed E-state index contributed by atoms with van der Waals surface area (Å²) in [6, 6.07) is 0.280. The van der Waals surface area contributed by atoms with Crippen LogP contribution in [-0.2, 0) is 11.3 Å². The van der Waals surface area contributed by atoms with E-state index in [0.717, 1.165) is 19.4 Å². The molecule has 1 aliphatic rings. The molecule has 2 rings (SSSR count). The predicted octanol–water partition coefficient (Wildman–Crippen LogP) is 0.00212. The third-order valence-electron chi connectivity index (χ3n) is 3.53. The van der Waals surface area contributed by atoms with E-state index < -0.39 is 0 Å². The molecule has 19 heavy (non-hydrogen) atoms. The van der Waals surface area contributed by atoms with Gasteiger partial charge in [0.15, 0.2) is 0 Å². The van der Waals surface area contributed by atoms with E-state index in [1.165, 1.54) is 4.57 Å². The maximum Gasteiger partial charge on any atom is 0.328 e. The van der Waals surface area contributed by atoms with Gasteiger partial charge in [0.25, 0.3) is 5.56 Å². The molecule has 2 unspecified atom stereocenters. The van der Waals surface area contributed by atoms with Crippen molar-refractivity contribution < 1.29 is 4.74 Å². The molecule has 6 nitrogen and oxygen atoms in total. The van der Waals surface area contributed by atoms with Gasteiger partial charge in [0.1, 0.15) is 0 Å². The van der Waals surface area contributed by atoms with Gasteiger partial charge in [0, 0.05) is 37.5 Å². The summed E-state index contributed by atoms with van der Waals surface area (Å²) in [7, 11) is 0. The Labute approximate surface area is 111 Å². The molecular formula is C13H21N3O3. The van der Waals surface area contributed by atoms with Crippen LogP contribution in [0.2, 0.25) is 0 Å². The van der Waals surface area contributed by atoms with Crippen molar-refractivity contribution in [2.45, 2.75) is 45.4 Å². The third kappa shape index (κ3) is 3.54. The van der Waals surface area contributed by atoms with Crippen LogP contribution in [-0.4, -0.2) is 34.8 Å². The number of aryl methyl sites for hydroxylation is 1. The number of ether oxygens (including phenoxy) is 1. The topological polar surface area (TPSA) is 76.1 Å². The summed E-state index contributed by atoms with van der Waals surface area (Å²) in [5.74, 6) is 0. The van der Waals surface area contributed by atoms with Gasteiger partial charge in [-0.05, 0) is 26.7 Å². The van der Waals surface area contributed by atoms with Gasteiger partial charge in [0.05, 0.1) is 6.10 Å². The van der Waals surface area contributed by atoms with Crippen molar-refractivity contribution in [1.82, 2.24) is 14.9 Å². The van der Waals surface area contributed by atoms with E-state index in [4.69, 9.17) is 4.74 Å². The molecule has 1 aliphatic heterocycles. The fourth-order valence-electron chi connectivity index (χ4n) is 2.33. The smallest absolute Gasteiger partial charge is 0.328 e. The zero-order chi connectivity index (χ0) is 13.8. The zero-order valence-electron chi connectivity index (χ0n) is 11.4. The van der Waals surface area contributed by atoms with E-state index in [-0.39, 0.29) is 23.4 Å². The zero-order valence-corrected chi connectivity index (χ0v) is 11.4. The molecule has 1 saturated heterocycles. The Morgan fingerprint density at radius 2 is 2.37 bits per heavy atom. The fourth-order valence-corrected chi connectivity index (χ4v) is 2.33. The Morgan fingerprint density at radius 1 is 1.58 bits per heavy atom. The molecule has 0 bridgehead atoms. The van der Waals surface area contributed by atoms with E-state index >= 15 is 0 Å². The summed E-state index contributed by atoms with van der Waals surface area (Å²) in [6.07, 6.45) is 4.08. The molecule has 0 amide bonds. The second-order valence-corrected chi connectivity index (χ2v) is 5.06. The molecule has 6 heteroatoms. The molecular weight excluding hydrogens is 246 g/mol. The lowest BCUT2D eigenvalue weighted by Gasteiger charge is -2.20. The van der Waals surface area contributed by atoms with Crippen molar-refractivity contribution >= 4 is 0 Å². The standard InChI is InChI=1S/C13H21N3O3/c1-9-8-16(13(18)15-12(9)17)6-5-14-10(2)11-4-3-7-19-11/h8,10-11,14H,3-7H2,1-2H3,(H,15,17,18). The van der Waals surface area contributed by atoms with E-state index in [9.17, 15) is 9.59 Å². The molecule has 0 radical (unpaired) electrons. The highest BCUT2D eigenvalue weighted by atomic mass is 16.5. The molecule has 1 aromatic rings. The number of hydrogen-bond acceptors (Lipinski definition) is 4. The lowest BCUT2D eigenvalue weighted by molar-refractivity contribution is 0.0835. The van der Waals surface area contributed by atoms with Crippen LogP contribution >= 0.6 is 0 Å². The molecule has 0 saturated carbocycles. The van der Waals surface area contributed by atoms with Crippen molar-refractivity contribution in [3.05, 3.63) is 32.6 Å². The number of rotatable bonds is 5. The van der Waals surface area contributed by atoms with Crippen LogP contribution in [0.25, 0.3) is 0 Å². The molecule has 2 heterocycles. The first-order valence-corrected chi connectivity index (χ1v) is 6.73. The quantitative estimate of drug-likeness (QED) is 0.787. The normalized spacial score (nSPS) is 20.6. The molecule has 2 N–H and O–H groups in total. The number of nitrogens with one attached hydrogen (secondary N) is 2.